The Balaban J connectivity index is 0.00000392. The first-order valence-corrected chi connectivity index (χ1v) is 8.66. The number of nitrogens with one attached hydrogen (secondary N) is 2. The molecule has 0 saturated heterocycles. The van der Waals surface area contributed by atoms with Gasteiger partial charge in [0.25, 0.3) is 0 Å². The molecule has 28 heavy (non-hydrogen) atoms. The van der Waals surface area contributed by atoms with Gasteiger partial charge in [0.1, 0.15) is 6.61 Å². The summed E-state index contributed by atoms with van der Waals surface area (Å²) in [6.45, 7) is 3.37. The highest BCUT2D eigenvalue weighted by Gasteiger charge is 2.27. The monoisotopic (exact) mass is 511 g/mol. The van der Waals surface area contributed by atoms with E-state index in [1.807, 2.05) is 29.8 Å². The fourth-order valence-corrected chi connectivity index (χ4v) is 2.26. The zero-order valence-electron chi connectivity index (χ0n) is 15.6. The van der Waals surface area contributed by atoms with Crippen molar-refractivity contribution in [2.24, 2.45) is 4.99 Å². The van der Waals surface area contributed by atoms with Gasteiger partial charge in [-0.15, -0.1) is 24.0 Å². The lowest BCUT2D eigenvalue weighted by molar-refractivity contribution is -0.176. The van der Waals surface area contributed by atoms with Crippen molar-refractivity contribution in [3.8, 4) is 0 Å². The molecule has 0 unspecified atom stereocenters. The molecule has 0 saturated carbocycles. The maximum atomic E-state index is 12.1. The molecule has 0 aliphatic carbocycles. The van der Waals surface area contributed by atoms with Crippen LogP contribution < -0.4 is 10.6 Å². The van der Waals surface area contributed by atoms with Crippen molar-refractivity contribution >= 4 is 29.9 Å². The van der Waals surface area contributed by atoms with E-state index < -0.39 is 12.8 Å². The molecule has 6 nitrogen and oxygen atoms in total. The van der Waals surface area contributed by atoms with Crippen LogP contribution in [0.4, 0.5) is 13.2 Å². The van der Waals surface area contributed by atoms with Gasteiger partial charge in [-0.3, -0.25) is 0 Å². The third-order valence-electron chi connectivity index (χ3n) is 3.54. The molecule has 0 radical (unpaired) electrons. The minimum atomic E-state index is -4.30. The maximum absolute atomic E-state index is 12.1. The number of alkyl halides is 3. The number of hydrogen-bond acceptors (Lipinski definition) is 3. The predicted molar refractivity (Wildman–Crippen MR) is 113 cm³/mol. The molecular formula is C18H25F3IN5O. The molecule has 10 heteroatoms. The highest BCUT2D eigenvalue weighted by molar-refractivity contribution is 14.0. The van der Waals surface area contributed by atoms with Crippen LogP contribution in [0.1, 0.15) is 18.1 Å². The Hall–Kier alpha value is -1.82. The molecule has 156 valence electrons. The molecule has 0 aliphatic heterocycles. The maximum Gasteiger partial charge on any atom is 0.411 e. The molecule has 2 rings (SSSR count). The lowest BCUT2D eigenvalue weighted by atomic mass is 10.1. The van der Waals surface area contributed by atoms with Crippen LogP contribution in [-0.2, 0) is 24.4 Å². The van der Waals surface area contributed by atoms with Crippen molar-refractivity contribution < 1.29 is 17.9 Å². The highest BCUT2D eigenvalue weighted by atomic mass is 127. The molecular weight excluding hydrogens is 486 g/mol. The van der Waals surface area contributed by atoms with Crippen molar-refractivity contribution in [3.63, 3.8) is 0 Å². The van der Waals surface area contributed by atoms with Crippen molar-refractivity contribution in [1.29, 1.82) is 0 Å². The lowest BCUT2D eigenvalue weighted by Crippen LogP contribution is -2.38. The third-order valence-corrected chi connectivity index (χ3v) is 3.54. The van der Waals surface area contributed by atoms with Crippen LogP contribution in [0.2, 0.25) is 0 Å². The number of ether oxygens (including phenoxy) is 1. The number of benzene rings is 1. The quantitative estimate of drug-likeness (QED) is 0.308. The Bertz CT molecular complexity index is 690. The standard InChI is InChI=1S/C18H24F3N5O.HI/c1-2-23-17(24-8-10-26-9-7-22-14-26)25-11-15-3-5-16(6-4-15)12-27-13-18(19,20)21;/h3-7,9,14H,2,8,10-13H2,1H3,(H2,23,24,25);1H. The van der Waals surface area contributed by atoms with Crippen molar-refractivity contribution in [1.82, 2.24) is 20.2 Å². The van der Waals surface area contributed by atoms with Gasteiger partial charge in [0.15, 0.2) is 5.96 Å². The lowest BCUT2D eigenvalue weighted by Gasteiger charge is -2.12. The largest absolute Gasteiger partial charge is 0.411 e. The molecule has 1 heterocycles. The first kappa shape index (κ1) is 24.2. The predicted octanol–water partition coefficient (Wildman–Crippen LogP) is 3.34. The first-order chi connectivity index (χ1) is 13.0. The van der Waals surface area contributed by atoms with Crippen LogP contribution in [0, 0.1) is 0 Å². The van der Waals surface area contributed by atoms with Crippen LogP contribution in [0.5, 0.6) is 0 Å². The number of guanidine groups is 1. The Labute approximate surface area is 179 Å². The molecule has 1 aromatic heterocycles. The van der Waals surface area contributed by atoms with Crippen molar-refractivity contribution in [2.75, 3.05) is 19.7 Å². The topological polar surface area (TPSA) is 63.5 Å². The zero-order chi connectivity index (χ0) is 19.5. The summed E-state index contributed by atoms with van der Waals surface area (Å²) < 4.78 is 42.8. The van der Waals surface area contributed by atoms with Gasteiger partial charge in [-0.25, -0.2) is 9.98 Å². The van der Waals surface area contributed by atoms with E-state index >= 15 is 0 Å². The summed E-state index contributed by atoms with van der Waals surface area (Å²) in [4.78, 5) is 8.51. The third kappa shape index (κ3) is 9.93. The van der Waals surface area contributed by atoms with E-state index in [-0.39, 0.29) is 30.6 Å². The van der Waals surface area contributed by atoms with E-state index in [1.54, 1.807) is 24.7 Å². The number of rotatable bonds is 9. The number of aliphatic imine (C=N–C) groups is 1. The number of halogens is 4. The Morgan fingerprint density at radius 2 is 1.89 bits per heavy atom. The van der Waals surface area contributed by atoms with Gasteiger partial charge in [0, 0.05) is 32.0 Å². The van der Waals surface area contributed by atoms with Crippen LogP contribution >= 0.6 is 24.0 Å². The number of imidazole rings is 1. The van der Waals surface area contributed by atoms with Gasteiger partial charge >= 0.3 is 6.18 Å². The molecule has 1 aromatic carbocycles. The molecule has 0 spiro atoms. The first-order valence-electron chi connectivity index (χ1n) is 8.66. The highest BCUT2D eigenvalue weighted by Crippen LogP contribution is 2.16. The van der Waals surface area contributed by atoms with Gasteiger partial charge < -0.3 is 19.9 Å². The molecule has 2 N–H and O–H groups in total. The fraction of sp³-hybridized carbons (Fsp3) is 0.444. The summed E-state index contributed by atoms with van der Waals surface area (Å²) in [7, 11) is 0. The van der Waals surface area contributed by atoms with Gasteiger partial charge in [-0.2, -0.15) is 13.2 Å². The Kier molecular flexibility index (Phi) is 10.9. The fourth-order valence-electron chi connectivity index (χ4n) is 2.26. The SMILES string of the molecule is CCNC(=NCc1ccc(COCC(F)(F)F)cc1)NCCn1ccnc1.I. The van der Waals surface area contributed by atoms with Gasteiger partial charge in [0.2, 0.25) is 0 Å². The number of aromatic nitrogens is 2. The molecule has 0 aliphatic rings. The smallest absolute Gasteiger partial charge is 0.367 e. The molecule has 0 fully saturated rings. The van der Waals surface area contributed by atoms with Gasteiger partial charge in [0.05, 0.1) is 19.5 Å². The van der Waals surface area contributed by atoms with Crippen LogP contribution in [0.15, 0.2) is 48.0 Å². The van der Waals surface area contributed by atoms with E-state index in [0.29, 0.717) is 24.6 Å². The summed E-state index contributed by atoms with van der Waals surface area (Å²) in [5.41, 5.74) is 1.65. The van der Waals surface area contributed by atoms with Crippen LogP contribution in [0.25, 0.3) is 0 Å². The number of nitrogens with zero attached hydrogens (tertiary/aromatic N) is 3. The van der Waals surface area contributed by atoms with Crippen molar-refractivity contribution in [3.05, 3.63) is 54.1 Å². The van der Waals surface area contributed by atoms with E-state index in [1.165, 1.54) is 0 Å². The Morgan fingerprint density at radius 1 is 1.18 bits per heavy atom. The normalized spacial score (nSPS) is 11.8. The van der Waals surface area contributed by atoms with E-state index in [9.17, 15) is 13.2 Å². The van der Waals surface area contributed by atoms with Gasteiger partial charge in [-0.1, -0.05) is 24.3 Å². The minimum absolute atomic E-state index is 0. The second kappa shape index (κ2) is 12.6. The summed E-state index contributed by atoms with van der Waals surface area (Å²) >= 11 is 0. The molecule has 0 amide bonds. The summed E-state index contributed by atoms with van der Waals surface area (Å²) in [5, 5.41) is 6.42. The average Bonchev–Trinajstić information content (AvgIpc) is 3.13. The van der Waals surface area contributed by atoms with Crippen LogP contribution in [0.3, 0.4) is 0 Å². The molecule has 0 bridgehead atoms. The Morgan fingerprint density at radius 3 is 2.50 bits per heavy atom. The molecule has 0 atom stereocenters. The van der Waals surface area contributed by atoms with Crippen LogP contribution in [-0.4, -0.2) is 41.4 Å². The minimum Gasteiger partial charge on any atom is -0.367 e. The van der Waals surface area contributed by atoms with E-state index in [0.717, 1.165) is 18.7 Å². The summed E-state index contributed by atoms with van der Waals surface area (Å²) in [6.07, 6.45) is 1.08. The summed E-state index contributed by atoms with van der Waals surface area (Å²) in [5.74, 6) is 0.704. The zero-order valence-corrected chi connectivity index (χ0v) is 17.9. The number of hydrogen-bond donors (Lipinski definition) is 2. The summed E-state index contributed by atoms with van der Waals surface area (Å²) in [6, 6.07) is 7.18. The second-order valence-corrected chi connectivity index (χ2v) is 5.85. The average molecular weight is 511 g/mol. The van der Waals surface area contributed by atoms with E-state index in [4.69, 9.17) is 0 Å². The van der Waals surface area contributed by atoms with E-state index in [2.05, 4.69) is 25.3 Å². The van der Waals surface area contributed by atoms with Crippen molar-refractivity contribution in [2.45, 2.75) is 32.8 Å². The molecule has 2 aromatic rings. The van der Waals surface area contributed by atoms with Gasteiger partial charge in [-0.05, 0) is 18.1 Å². The second-order valence-electron chi connectivity index (χ2n) is 5.85.